The van der Waals surface area contributed by atoms with E-state index in [9.17, 15) is 4.79 Å². The van der Waals surface area contributed by atoms with Gasteiger partial charge in [0.2, 0.25) is 0 Å². The zero-order valence-corrected chi connectivity index (χ0v) is 17.2. The number of hydrogen-bond donors (Lipinski definition) is 1. The van der Waals surface area contributed by atoms with E-state index in [4.69, 9.17) is 0 Å². The van der Waals surface area contributed by atoms with E-state index in [1.54, 1.807) is 0 Å². The highest BCUT2D eigenvalue weighted by molar-refractivity contribution is 5.83. The molecule has 29 heavy (non-hydrogen) atoms. The molecule has 2 fully saturated rings. The molecule has 0 amide bonds. The van der Waals surface area contributed by atoms with E-state index in [-0.39, 0.29) is 11.6 Å². The zero-order chi connectivity index (χ0) is 20.0. The lowest BCUT2D eigenvalue weighted by atomic mass is 10.0. The highest BCUT2D eigenvalue weighted by atomic mass is 16.1. The molecule has 5 rings (SSSR count). The monoisotopic (exact) mass is 392 g/mol. The fraction of sp³-hybridized carbons (Fsp3) is 0.545. The van der Waals surface area contributed by atoms with E-state index < -0.39 is 0 Å². The van der Waals surface area contributed by atoms with E-state index in [0.717, 1.165) is 66.6 Å². The Morgan fingerprint density at radius 1 is 1.07 bits per heavy atom. The van der Waals surface area contributed by atoms with E-state index in [2.05, 4.69) is 50.5 Å². The number of benzene rings is 1. The number of aromatic nitrogens is 5. The molecule has 7 nitrogen and oxygen atoms in total. The minimum Gasteiger partial charge on any atom is -0.321 e. The summed E-state index contributed by atoms with van der Waals surface area (Å²) in [4.78, 5) is 18.8. The molecule has 0 radical (unpaired) electrons. The number of fused-ring (bicyclic) bond motifs is 1. The summed E-state index contributed by atoms with van der Waals surface area (Å²) in [7, 11) is 0. The Morgan fingerprint density at radius 3 is 2.59 bits per heavy atom. The summed E-state index contributed by atoms with van der Waals surface area (Å²) in [6, 6.07) is 6.45. The average Bonchev–Trinajstić information content (AvgIpc) is 3.46. The Kier molecular flexibility index (Phi) is 4.70. The third-order valence-electron chi connectivity index (χ3n) is 6.56. The molecule has 1 aliphatic carbocycles. The standard InChI is InChI=1S/C22H28N6O/c1-14-11-15(2)19-16(12-14)13-18(22(29)23-19)20(27-9-5-6-10-27)21-24-25-26-28(21)17-7-3-4-8-17/h11-13,17,20H,3-10H2,1-2H3,(H,23,29)/t20-/m1/s1. The lowest BCUT2D eigenvalue weighted by Crippen LogP contribution is -2.34. The molecule has 1 saturated carbocycles. The first-order valence-corrected chi connectivity index (χ1v) is 10.8. The van der Waals surface area contributed by atoms with E-state index in [0.29, 0.717) is 6.04 Å². The number of nitrogens with zero attached hydrogens (tertiary/aromatic N) is 5. The van der Waals surface area contributed by atoms with Gasteiger partial charge in [0.1, 0.15) is 6.04 Å². The van der Waals surface area contributed by atoms with Crippen molar-refractivity contribution < 1.29 is 0 Å². The van der Waals surface area contributed by atoms with Crippen LogP contribution in [0.15, 0.2) is 23.0 Å². The summed E-state index contributed by atoms with van der Waals surface area (Å²) < 4.78 is 2.00. The third-order valence-corrected chi connectivity index (χ3v) is 6.56. The third kappa shape index (κ3) is 3.27. The maximum absolute atomic E-state index is 13.2. The first-order chi connectivity index (χ1) is 14.1. The van der Waals surface area contributed by atoms with Crippen molar-refractivity contribution in [3.8, 4) is 0 Å². The largest absolute Gasteiger partial charge is 0.321 e. The highest BCUT2D eigenvalue weighted by Gasteiger charge is 2.34. The second kappa shape index (κ2) is 7.37. The van der Waals surface area contributed by atoms with Gasteiger partial charge in [0, 0.05) is 5.56 Å². The van der Waals surface area contributed by atoms with E-state index in [1.165, 1.54) is 18.4 Å². The number of likely N-dealkylation sites (tertiary alicyclic amines) is 1. The molecule has 0 spiro atoms. The lowest BCUT2D eigenvalue weighted by Gasteiger charge is -2.27. The molecule has 1 atom stereocenters. The number of aromatic amines is 1. The molecule has 1 N–H and O–H groups in total. The van der Waals surface area contributed by atoms with Crippen molar-refractivity contribution >= 4 is 10.9 Å². The van der Waals surface area contributed by atoms with Crippen molar-refractivity contribution in [2.45, 2.75) is 64.5 Å². The fourth-order valence-corrected chi connectivity index (χ4v) is 5.20. The summed E-state index contributed by atoms with van der Waals surface area (Å²) in [6.45, 7) is 6.07. The molecular weight excluding hydrogens is 364 g/mol. The summed E-state index contributed by atoms with van der Waals surface area (Å²) in [5.74, 6) is 0.813. The van der Waals surface area contributed by atoms with Crippen LogP contribution in [0.1, 0.15) is 73.1 Å². The van der Waals surface area contributed by atoms with Crippen LogP contribution in [-0.4, -0.2) is 43.2 Å². The Bertz CT molecular complexity index is 1090. The van der Waals surface area contributed by atoms with Crippen molar-refractivity contribution in [1.82, 2.24) is 30.1 Å². The van der Waals surface area contributed by atoms with Crippen LogP contribution in [0.2, 0.25) is 0 Å². The molecule has 152 valence electrons. The second-order valence-electron chi connectivity index (χ2n) is 8.67. The minimum absolute atomic E-state index is 0.0395. The first-order valence-electron chi connectivity index (χ1n) is 10.8. The topological polar surface area (TPSA) is 79.7 Å². The van der Waals surface area contributed by atoms with Gasteiger partial charge in [-0.1, -0.05) is 24.5 Å². The van der Waals surface area contributed by atoms with Gasteiger partial charge in [-0.3, -0.25) is 9.69 Å². The molecule has 3 aromatic rings. The van der Waals surface area contributed by atoms with Crippen LogP contribution < -0.4 is 5.56 Å². The van der Waals surface area contributed by atoms with Crippen LogP contribution in [0.3, 0.4) is 0 Å². The van der Waals surface area contributed by atoms with Gasteiger partial charge in [-0.15, -0.1) is 5.10 Å². The molecule has 1 aliphatic heterocycles. The van der Waals surface area contributed by atoms with Gasteiger partial charge in [-0.2, -0.15) is 0 Å². The maximum atomic E-state index is 13.2. The molecule has 1 aromatic carbocycles. The van der Waals surface area contributed by atoms with Gasteiger partial charge < -0.3 is 4.98 Å². The van der Waals surface area contributed by atoms with Gasteiger partial charge in [0.15, 0.2) is 5.82 Å². The molecule has 0 unspecified atom stereocenters. The van der Waals surface area contributed by atoms with Gasteiger partial charge in [-0.05, 0) is 86.1 Å². The number of H-pyrrole nitrogens is 1. The molecule has 2 aliphatic rings. The van der Waals surface area contributed by atoms with Crippen LogP contribution in [0.25, 0.3) is 10.9 Å². The number of rotatable bonds is 4. The highest BCUT2D eigenvalue weighted by Crippen LogP contribution is 2.35. The molecule has 2 aromatic heterocycles. The Hall–Kier alpha value is -2.54. The maximum Gasteiger partial charge on any atom is 0.253 e. The predicted octanol–water partition coefficient (Wildman–Crippen LogP) is 3.43. The molecular formula is C22H28N6O. The minimum atomic E-state index is -0.206. The van der Waals surface area contributed by atoms with Crippen molar-refractivity contribution in [1.29, 1.82) is 0 Å². The van der Waals surface area contributed by atoms with Crippen LogP contribution in [0.5, 0.6) is 0 Å². The molecule has 0 bridgehead atoms. The van der Waals surface area contributed by atoms with Gasteiger partial charge in [-0.25, -0.2) is 4.68 Å². The number of pyridine rings is 1. The average molecular weight is 393 g/mol. The summed E-state index contributed by atoms with van der Waals surface area (Å²) in [5.41, 5.74) is 3.92. The number of tetrazole rings is 1. The van der Waals surface area contributed by atoms with Crippen molar-refractivity contribution in [3.63, 3.8) is 0 Å². The van der Waals surface area contributed by atoms with E-state index in [1.807, 2.05) is 11.6 Å². The second-order valence-corrected chi connectivity index (χ2v) is 8.67. The zero-order valence-electron chi connectivity index (χ0n) is 17.2. The van der Waals surface area contributed by atoms with Gasteiger partial charge in [0.05, 0.1) is 11.6 Å². The van der Waals surface area contributed by atoms with E-state index >= 15 is 0 Å². The summed E-state index contributed by atoms with van der Waals surface area (Å²) >= 11 is 0. The van der Waals surface area contributed by atoms with Crippen LogP contribution in [0, 0.1) is 13.8 Å². The first kappa shape index (κ1) is 18.5. The number of hydrogen-bond acceptors (Lipinski definition) is 5. The van der Waals surface area contributed by atoms with Crippen LogP contribution in [-0.2, 0) is 0 Å². The summed E-state index contributed by atoms with van der Waals surface area (Å²) in [5, 5.41) is 13.9. The molecule has 3 heterocycles. The Morgan fingerprint density at radius 2 is 1.83 bits per heavy atom. The van der Waals surface area contributed by atoms with Gasteiger partial charge >= 0.3 is 0 Å². The lowest BCUT2D eigenvalue weighted by molar-refractivity contribution is 0.256. The van der Waals surface area contributed by atoms with Gasteiger partial charge in [0.25, 0.3) is 5.56 Å². The Labute approximate surface area is 170 Å². The SMILES string of the molecule is Cc1cc(C)c2[nH]c(=O)c([C@H](c3nnnn3C3CCCC3)N3CCCC3)cc2c1. The molecule has 7 heteroatoms. The Balaban J connectivity index is 1.68. The van der Waals surface area contributed by atoms with Crippen LogP contribution >= 0.6 is 0 Å². The number of aryl methyl sites for hydroxylation is 2. The number of nitrogens with one attached hydrogen (secondary N) is 1. The molecule has 1 saturated heterocycles. The summed E-state index contributed by atoms with van der Waals surface area (Å²) in [6.07, 6.45) is 6.94. The fourth-order valence-electron chi connectivity index (χ4n) is 5.20. The quantitative estimate of drug-likeness (QED) is 0.736. The van der Waals surface area contributed by atoms with Crippen molar-refractivity contribution in [3.05, 3.63) is 51.1 Å². The normalized spacial score (nSPS) is 19.4. The van der Waals surface area contributed by atoms with Crippen LogP contribution in [0.4, 0.5) is 0 Å². The predicted molar refractivity (Wildman–Crippen MR) is 112 cm³/mol. The smallest absolute Gasteiger partial charge is 0.253 e. The van der Waals surface area contributed by atoms with Crippen molar-refractivity contribution in [2.24, 2.45) is 0 Å². The van der Waals surface area contributed by atoms with Crippen molar-refractivity contribution in [2.75, 3.05) is 13.1 Å².